The molecule has 0 aliphatic heterocycles. The van der Waals surface area contributed by atoms with Gasteiger partial charge < -0.3 is 11.5 Å². The van der Waals surface area contributed by atoms with Gasteiger partial charge in [-0.3, -0.25) is 4.99 Å². The second-order valence-electron chi connectivity index (χ2n) is 6.76. The van der Waals surface area contributed by atoms with Crippen LogP contribution in [0, 0.1) is 5.92 Å². The third kappa shape index (κ3) is 3.95. The van der Waals surface area contributed by atoms with E-state index in [4.69, 9.17) is 11.5 Å². The van der Waals surface area contributed by atoms with E-state index in [-0.39, 0.29) is 11.2 Å². The fourth-order valence-electron chi connectivity index (χ4n) is 3.73. The van der Waals surface area contributed by atoms with Crippen molar-refractivity contribution in [2.45, 2.75) is 42.2 Å². The van der Waals surface area contributed by atoms with Crippen molar-refractivity contribution in [1.82, 2.24) is 0 Å². The van der Waals surface area contributed by atoms with Crippen molar-refractivity contribution in [3.63, 3.8) is 0 Å². The maximum Gasteiger partial charge on any atom is 0.185 e. The lowest BCUT2D eigenvalue weighted by atomic mass is 9.87. The molecule has 134 valence electrons. The lowest BCUT2D eigenvalue weighted by Crippen LogP contribution is -2.28. The number of guanidine groups is 1. The van der Waals surface area contributed by atoms with Crippen LogP contribution in [0.5, 0.6) is 0 Å². The number of nitrogens with two attached hydrogens (primary N) is 2. The van der Waals surface area contributed by atoms with Crippen molar-refractivity contribution in [3.8, 4) is 0 Å². The summed E-state index contributed by atoms with van der Waals surface area (Å²) in [5.41, 5.74) is 10.7. The minimum absolute atomic E-state index is 0.118. The molecule has 1 saturated carbocycles. The summed E-state index contributed by atoms with van der Waals surface area (Å²) < 4.78 is 26.3. The molecule has 0 amide bonds. The average molecular weight is 359 g/mol. The summed E-state index contributed by atoms with van der Waals surface area (Å²) in [4.78, 5) is 4.49. The molecule has 1 fully saturated rings. The summed E-state index contributed by atoms with van der Waals surface area (Å²) in [5.74, 6) is 0.620. The number of hydrogen-bond donors (Lipinski definition) is 2. The van der Waals surface area contributed by atoms with Crippen LogP contribution >= 0.6 is 0 Å². The van der Waals surface area contributed by atoms with E-state index in [9.17, 15) is 8.42 Å². The maximum absolute atomic E-state index is 13.2. The molecule has 0 bridgehead atoms. The van der Waals surface area contributed by atoms with Crippen molar-refractivity contribution in [2.24, 2.45) is 22.4 Å². The minimum Gasteiger partial charge on any atom is -0.370 e. The van der Waals surface area contributed by atoms with E-state index in [2.05, 4.69) is 4.99 Å². The Morgan fingerprint density at radius 3 is 2.40 bits per heavy atom. The molecule has 0 saturated heterocycles. The fourth-order valence-corrected chi connectivity index (χ4v) is 5.74. The first-order valence-electron chi connectivity index (χ1n) is 8.75. The van der Waals surface area contributed by atoms with Crippen LogP contribution in [0.25, 0.3) is 10.8 Å². The van der Waals surface area contributed by atoms with Crippen molar-refractivity contribution >= 4 is 26.6 Å². The minimum atomic E-state index is -3.31. The molecule has 0 radical (unpaired) electrons. The molecule has 2 aromatic rings. The van der Waals surface area contributed by atoms with Crippen LogP contribution in [-0.4, -0.2) is 26.2 Å². The molecule has 6 heteroatoms. The smallest absolute Gasteiger partial charge is 0.185 e. The second-order valence-corrected chi connectivity index (χ2v) is 8.96. The van der Waals surface area contributed by atoms with E-state index in [0.29, 0.717) is 30.2 Å². The van der Waals surface area contributed by atoms with Gasteiger partial charge in [-0.2, -0.15) is 0 Å². The highest BCUT2D eigenvalue weighted by Crippen LogP contribution is 2.35. The Bertz CT molecular complexity index is 860. The first kappa shape index (κ1) is 17.7. The third-order valence-electron chi connectivity index (χ3n) is 5.12. The van der Waals surface area contributed by atoms with Gasteiger partial charge in [0.25, 0.3) is 0 Å². The van der Waals surface area contributed by atoms with E-state index in [1.165, 1.54) is 0 Å². The molecule has 25 heavy (non-hydrogen) atoms. The molecule has 4 N–H and O–H groups in total. The van der Waals surface area contributed by atoms with Crippen LogP contribution in [0.4, 0.5) is 0 Å². The summed E-state index contributed by atoms with van der Waals surface area (Å²) in [7, 11) is -3.31. The standard InChI is InChI=1S/C19H25N3O2S/c20-19(21)22-13-12-14-8-10-16(11-9-14)25(23,24)18-7-3-5-15-4-1-2-6-17(15)18/h1-7,14,16H,8-13H2,(H4,20,21,22). The van der Waals surface area contributed by atoms with E-state index in [1.54, 1.807) is 6.07 Å². The first-order valence-corrected chi connectivity index (χ1v) is 10.3. The number of sulfone groups is 1. The largest absolute Gasteiger partial charge is 0.370 e. The first-order chi connectivity index (χ1) is 12.0. The van der Waals surface area contributed by atoms with Gasteiger partial charge in [0, 0.05) is 11.9 Å². The van der Waals surface area contributed by atoms with Crippen LogP contribution in [0.1, 0.15) is 32.1 Å². The predicted octanol–water partition coefficient (Wildman–Crippen LogP) is 2.84. The van der Waals surface area contributed by atoms with Gasteiger partial charge in [0.1, 0.15) is 0 Å². The lowest BCUT2D eigenvalue weighted by Gasteiger charge is -2.28. The van der Waals surface area contributed by atoms with Gasteiger partial charge in [-0.15, -0.1) is 0 Å². The van der Waals surface area contributed by atoms with Gasteiger partial charge in [-0.25, -0.2) is 8.42 Å². The quantitative estimate of drug-likeness (QED) is 0.633. The number of aliphatic imine (C=N–C) groups is 1. The highest BCUT2D eigenvalue weighted by molar-refractivity contribution is 7.92. The van der Waals surface area contributed by atoms with Gasteiger partial charge in [0.05, 0.1) is 10.1 Å². The number of hydrogen-bond acceptors (Lipinski definition) is 3. The van der Waals surface area contributed by atoms with Gasteiger partial charge >= 0.3 is 0 Å². The Hall–Kier alpha value is -2.08. The molecule has 3 rings (SSSR count). The molecule has 0 unspecified atom stereocenters. The molecule has 1 aliphatic carbocycles. The lowest BCUT2D eigenvalue weighted by molar-refractivity contribution is 0.342. The topological polar surface area (TPSA) is 98.5 Å². The van der Waals surface area contributed by atoms with E-state index >= 15 is 0 Å². The number of benzene rings is 2. The Morgan fingerprint density at radius 1 is 1.00 bits per heavy atom. The molecular formula is C19H25N3O2S. The molecule has 0 atom stereocenters. The molecule has 2 aromatic carbocycles. The normalized spacial score (nSPS) is 21.1. The van der Waals surface area contributed by atoms with Gasteiger partial charge in [0.2, 0.25) is 0 Å². The Balaban J connectivity index is 1.73. The maximum atomic E-state index is 13.2. The van der Waals surface area contributed by atoms with Gasteiger partial charge in [0.15, 0.2) is 15.8 Å². The highest BCUT2D eigenvalue weighted by atomic mass is 32.2. The van der Waals surface area contributed by atoms with Crippen molar-refractivity contribution < 1.29 is 8.42 Å². The van der Waals surface area contributed by atoms with Crippen molar-refractivity contribution in [1.29, 1.82) is 0 Å². The van der Waals surface area contributed by atoms with Gasteiger partial charge in [-0.05, 0) is 49.5 Å². The number of rotatable bonds is 5. The zero-order valence-corrected chi connectivity index (χ0v) is 15.1. The Labute approximate surface area is 149 Å². The summed E-state index contributed by atoms with van der Waals surface area (Å²) >= 11 is 0. The van der Waals surface area contributed by atoms with E-state index < -0.39 is 9.84 Å². The van der Waals surface area contributed by atoms with Gasteiger partial charge in [-0.1, -0.05) is 36.4 Å². The van der Waals surface area contributed by atoms with Crippen LogP contribution in [0.15, 0.2) is 52.4 Å². The third-order valence-corrected chi connectivity index (χ3v) is 7.44. The summed E-state index contributed by atoms with van der Waals surface area (Å²) in [5, 5.41) is 1.49. The summed E-state index contributed by atoms with van der Waals surface area (Å²) in [6.07, 6.45) is 4.15. The van der Waals surface area contributed by atoms with Crippen LogP contribution in [0.3, 0.4) is 0 Å². The Kier molecular flexibility index (Phi) is 5.27. The Morgan fingerprint density at radius 2 is 1.68 bits per heavy atom. The average Bonchev–Trinajstić information content (AvgIpc) is 2.61. The molecule has 0 spiro atoms. The van der Waals surface area contributed by atoms with Crippen LogP contribution in [0.2, 0.25) is 0 Å². The van der Waals surface area contributed by atoms with Crippen molar-refractivity contribution in [2.75, 3.05) is 6.54 Å². The number of fused-ring (bicyclic) bond motifs is 1. The molecular weight excluding hydrogens is 334 g/mol. The highest BCUT2D eigenvalue weighted by Gasteiger charge is 2.32. The molecule has 1 aliphatic rings. The van der Waals surface area contributed by atoms with E-state index in [1.807, 2.05) is 36.4 Å². The summed E-state index contributed by atoms with van der Waals surface area (Å²) in [6.45, 7) is 0.619. The zero-order valence-electron chi connectivity index (χ0n) is 14.3. The zero-order chi connectivity index (χ0) is 17.9. The van der Waals surface area contributed by atoms with E-state index in [0.717, 1.165) is 30.0 Å². The predicted molar refractivity (Wildman–Crippen MR) is 102 cm³/mol. The monoisotopic (exact) mass is 359 g/mol. The SMILES string of the molecule is NC(N)=NCCC1CCC(S(=O)(=O)c2cccc3ccccc23)CC1. The van der Waals surface area contributed by atoms with Crippen molar-refractivity contribution in [3.05, 3.63) is 42.5 Å². The van der Waals surface area contributed by atoms with Crippen LogP contribution in [-0.2, 0) is 9.84 Å². The summed E-state index contributed by atoms with van der Waals surface area (Å²) in [6, 6.07) is 13.2. The molecule has 5 nitrogen and oxygen atoms in total. The molecule has 0 heterocycles. The second kappa shape index (κ2) is 7.44. The number of nitrogens with zero attached hydrogens (tertiary/aromatic N) is 1. The molecule has 0 aromatic heterocycles. The fraction of sp³-hybridized carbons (Fsp3) is 0.421. The van der Waals surface area contributed by atoms with Crippen LogP contribution < -0.4 is 11.5 Å².